The maximum absolute atomic E-state index is 9.20. The number of nitrogens with one attached hydrogen (secondary N) is 1. The van der Waals surface area contributed by atoms with Crippen LogP contribution in [-0.4, -0.2) is 49.4 Å². The lowest BCUT2D eigenvalue weighted by Gasteiger charge is -2.36. The zero-order chi connectivity index (χ0) is 14.5. The van der Waals surface area contributed by atoms with Gasteiger partial charge in [0.2, 0.25) is 0 Å². The van der Waals surface area contributed by atoms with Gasteiger partial charge in [-0.2, -0.15) is 0 Å². The van der Waals surface area contributed by atoms with E-state index in [1.807, 2.05) is 0 Å². The first kappa shape index (κ1) is 15.3. The van der Waals surface area contributed by atoms with Crippen molar-refractivity contribution in [2.75, 3.05) is 33.4 Å². The number of rotatable bonds is 5. The van der Waals surface area contributed by atoms with Crippen molar-refractivity contribution in [2.45, 2.75) is 32.9 Å². The maximum atomic E-state index is 9.20. The summed E-state index contributed by atoms with van der Waals surface area (Å²) >= 11 is 0. The molecule has 0 aromatic heterocycles. The average molecular weight is 278 g/mol. The number of aliphatic hydroxyl groups excluding tert-OH is 1. The van der Waals surface area contributed by atoms with E-state index in [1.54, 1.807) is 7.11 Å². The Bertz CT molecular complexity index is 446. The summed E-state index contributed by atoms with van der Waals surface area (Å²) in [5, 5.41) is 12.6. The highest BCUT2D eigenvalue weighted by Gasteiger charge is 2.22. The molecular weight excluding hydrogens is 252 g/mol. The van der Waals surface area contributed by atoms with Crippen molar-refractivity contribution in [3.05, 3.63) is 28.8 Å². The minimum atomic E-state index is 0.253. The van der Waals surface area contributed by atoms with Crippen LogP contribution in [0.2, 0.25) is 0 Å². The van der Waals surface area contributed by atoms with Crippen molar-refractivity contribution in [3.8, 4) is 5.75 Å². The first-order chi connectivity index (χ1) is 9.67. The Balaban J connectivity index is 2.14. The molecule has 1 heterocycles. The number of aliphatic hydroxyl groups is 1. The van der Waals surface area contributed by atoms with E-state index in [9.17, 15) is 5.11 Å². The molecule has 112 valence electrons. The Morgan fingerprint density at radius 2 is 2.15 bits per heavy atom. The number of nitrogens with zero attached hydrogens (tertiary/aromatic N) is 1. The molecule has 1 aliphatic heterocycles. The van der Waals surface area contributed by atoms with Gasteiger partial charge in [0.25, 0.3) is 0 Å². The SMILES string of the molecule is COc1ccc(CN2CCNC[C@H]2CCO)c(C)c1C. The van der Waals surface area contributed by atoms with Crippen molar-refractivity contribution in [2.24, 2.45) is 0 Å². The predicted octanol–water partition coefficient (Wildman–Crippen LogP) is 1.47. The van der Waals surface area contributed by atoms with Gasteiger partial charge in [-0.25, -0.2) is 0 Å². The topological polar surface area (TPSA) is 44.7 Å². The van der Waals surface area contributed by atoms with Crippen LogP contribution in [0.4, 0.5) is 0 Å². The fraction of sp³-hybridized carbons (Fsp3) is 0.625. The molecule has 1 saturated heterocycles. The van der Waals surface area contributed by atoms with Gasteiger partial charge in [0.05, 0.1) is 7.11 Å². The third-order valence-corrected chi connectivity index (χ3v) is 4.38. The number of methoxy groups -OCH3 is 1. The van der Waals surface area contributed by atoms with E-state index >= 15 is 0 Å². The Labute approximate surface area is 121 Å². The molecule has 0 saturated carbocycles. The summed E-state index contributed by atoms with van der Waals surface area (Å²) in [4.78, 5) is 2.47. The van der Waals surface area contributed by atoms with E-state index in [-0.39, 0.29) is 6.61 Å². The molecule has 1 fully saturated rings. The van der Waals surface area contributed by atoms with E-state index in [1.165, 1.54) is 16.7 Å². The van der Waals surface area contributed by atoms with E-state index in [2.05, 4.69) is 36.2 Å². The van der Waals surface area contributed by atoms with Crippen LogP contribution < -0.4 is 10.1 Å². The van der Waals surface area contributed by atoms with Crippen LogP contribution in [0.1, 0.15) is 23.1 Å². The quantitative estimate of drug-likeness (QED) is 0.856. The molecule has 1 aliphatic rings. The van der Waals surface area contributed by atoms with E-state index in [0.717, 1.165) is 38.3 Å². The highest BCUT2D eigenvalue weighted by molar-refractivity contribution is 5.43. The second-order valence-corrected chi connectivity index (χ2v) is 5.52. The Hall–Kier alpha value is -1.10. The van der Waals surface area contributed by atoms with Crippen molar-refractivity contribution in [1.29, 1.82) is 0 Å². The molecule has 1 atom stereocenters. The number of piperazine rings is 1. The highest BCUT2D eigenvalue weighted by atomic mass is 16.5. The van der Waals surface area contributed by atoms with Crippen LogP contribution >= 0.6 is 0 Å². The number of benzene rings is 1. The van der Waals surface area contributed by atoms with Crippen molar-refractivity contribution < 1.29 is 9.84 Å². The van der Waals surface area contributed by atoms with Gasteiger partial charge >= 0.3 is 0 Å². The number of hydrogen-bond acceptors (Lipinski definition) is 4. The minimum Gasteiger partial charge on any atom is -0.496 e. The fourth-order valence-corrected chi connectivity index (χ4v) is 2.91. The molecule has 2 N–H and O–H groups in total. The first-order valence-corrected chi connectivity index (χ1v) is 7.36. The summed E-state index contributed by atoms with van der Waals surface area (Å²) in [6.07, 6.45) is 0.835. The van der Waals surface area contributed by atoms with Crippen LogP contribution in [0.3, 0.4) is 0 Å². The van der Waals surface area contributed by atoms with E-state index in [4.69, 9.17) is 4.74 Å². The van der Waals surface area contributed by atoms with Gasteiger partial charge in [0, 0.05) is 38.8 Å². The summed E-state index contributed by atoms with van der Waals surface area (Å²) < 4.78 is 5.37. The normalized spacial score (nSPS) is 20.1. The molecule has 0 unspecified atom stereocenters. The second-order valence-electron chi connectivity index (χ2n) is 5.52. The van der Waals surface area contributed by atoms with Gasteiger partial charge in [-0.1, -0.05) is 6.07 Å². The molecule has 4 heteroatoms. The first-order valence-electron chi connectivity index (χ1n) is 7.36. The molecule has 0 radical (unpaired) electrons. The van der Waals surface area contributed by atoms with Gasteiger partial charge in [0.1, 0.15) is 5.75 Å². The van der Waals surface area contributed by atoms with Crippen molar-refractivity contribution in [1.82, 2.24) is 10.2 Å². The third-order valence-electron chi connectivity index (χ3n) is 4.38. The molecule has 20 heavy (non-hydrogen) atoms. The molecule has 0 amide bonds. The van der Waals surface area contributed by atoms with Gasteiger partial charge in [-0.15, -0.1) is 0 Å². The van der Waals surface area contributed by atoms with Crippen LogP contribution in [0, 0.1) is 13.8 Å². The molecule has 0 aliphatic carbocycles. The summed E-state index contributed by atoms with van der Waals surface area (Å²) in [6.45, 7) is 8.50. The molecule has 0 bridgehead atoms. The lowest BCUT2D eigenvalue weighted by molar-refractivity contribution is 0.123. The number of ether oxygens (including phenoxy) is 1. The Morgan fingerprint density at radius 3 is 2.85 bits per heavy atom. The maximum Gasteiger partial charge on any atom is 0.122 e. The number of hydrogen-bond donors (Lipinski definition) is 2. The smallest absolute Gasteiger partial charge is 0.122 e. The molecule has 1 aromatic carbocycles. The lowest BCUT2D eigenvalue weighted by Crippen LogP contribution is -2.51. The summed E-state index contributed by atoms with van der Waals surface area (Å²) in [5.74, 6) is 0.957. The van der Waals surface area contributed by atoms with E-state index < -0.39 is 0 Å². The van der Waals surface area contributed by atoms with Crippen molar-refractivity contribution in [3.63, 3.8) is 0 Å². The van der Waals surface area contributed by atoms with Crippen LogP contribution in [0.15, 0.2) is 12.1 Å². The largest absolute Gasteiger partial charge is 0.496 e. The summed E-state index contributed by atoms with van der Waals surface area (Å²) in [5.41, 5.74) is 3.89. The van der Waals surface area contributed by atoms with Gasteiger partial charge in [-0.05, 0) is 43.0 Å². The Kier molecular flexibility index (Phi) is 5.40. The molecule has 0 spiro atoms. The molecular formula is C16H26N2O2. The standard InChI is InChI=1S/C16H26N2O2/c1-12-13(2)16(20-3)5-4-14(12)11-18-8-7-17-10-15(18)6-9-19/h4-5,15,17,19H,6-11H2,1-3H3/t15-/m1/s1. The van der Waals surface area contributed by atoms with Gasteiger partial charge in [0.15, 0.2) is 0 Å². The molecule has 4 nitrogen and oxygen atoms in total. The monoisotopic (exact) mass is 278 g/mol. The van der Waals surface area contributed by atoms with Crippen LogP contribution in [0.25, 0.3) is 0 Å². The predicted molar refractivity (Wildman–Crippen MR) is 81.2 cm³/mol. The van der Waals surface area contributed by atoms with Crippen LogP contribution in [-0.2, 0) is 6.54 Å². The Morgan fingerprint density at radius 1 is 1.35 bits per heavy atom. The fourth-order valence-electron chi connectivity index (χ4n) is 2.91. The van der Waals surface area contributed by atoms with E-state index in [0.29, 0.717) is 6.04 Å². The van der Waals surface area contributed by atoms with Crippen LogP contribution in [0.5, 0.6) is 5.75 Å². The zero-order valence-electron chi connectivity index (χ0n) is 12.8. The average Bonchev–Trinajstić information content (AvgIpc) is 2.46. The molecule has 2 rings (SSSR count). The second kappa shape index (κ2) is 7.07. The minimum absolute atomic E-state index is 0.253. The highest BCUT2D eigenvalue weighted by Crippen LogP contribution is 2.25. The van der Waals surface area contributed by atoms with Gasteiger partial charge < -0.3 is 15.2 Å². The van der Waals surface area contributed by atoms with Gasteiger partial charge in [-0.3, -0.25) is 4.90 Å². The summed E-state index contributed by atoms with van der Waals surface area (Å²) in [6, 6.07) is 4.65. The molecule has 1 aromatic rings. The zero-order valence-corrected chi connectivity index (χ0v) is 12.8. The third kappa shape index (κ3) is 3.32. The summed E-state index contributed by atoms with van der Waals surface area (Å²) in [7, 11) is 1.72. The van der Waals surface area contributed by atoms with Crippen molar-refractivity contribution >= 4 is 0 Å². The lowest BCUT2D eigenvalue weighted by atomic mass is 10.0.